The van der Waals surface area contributed by atoms with Crippen LogP contribution in [-0.4, -0.2) is 160 Å². The van der Waals surface area contributed by atoms with Gasteiger partial charge in [0.2, 0.25) is 11.8 Å². The fraction of sp³-hybridized carbons (Fsp3) is 0.404. The van der Waals surface area contributed by atoms with E-state index in [1.807, 2.05) is 19.2 Å². The number of benzene rings is 2. The van der Waals surface area contributed by atoms with Crippen molar-refractivity contribution in [1.82, 2.24) is 55.9 Å². The number of fused-ring (bicyclic) bond motifs is 4. The zero-order valence-corrected chi connectivity index (χ0v) is 41.8. The van der Waals surface area contributed by atoms with Crippen LogP contribution in [0.5, 0.6) is 0 Å². The monoisotopic (exact) mass is 1020 g/mol. The molecule has 0 aliphatic carbocycles. The SMILES string of the molecule is CN1CC(NC(=O)c2nc3c(s2)C[N+](C)(C)CC3)[C@H](NC(=O)c2cc3cc(Cl)ccc3[nH]2)CC1=O.CN1CCc2nc(C(=O)N[C@H]3CN(C)C(=O)C[C@H]3NC(=O)c3cc4cc(Cl)ccc4[nH]3)sc2C1. The van der Waals surface area contributed by atoms with Gasteiger partial charge < -0.3 is 50.4 Å². The van der Waals surface area contributed by atoms with Gasteiger partial charge in [0.25, 0.3) is 23.6 Å². The van der Waals surface area contributed by atoms with Crippen molar-refractivity contribution in [2.45, 2.75) is 62.9 Å². The number of carbonyl (C=O) groups excluding carboxylic acids is 6. The van der Waals surface area contributed by atoms with Crippen LogP contribution in [0.25, 0.3) is 21.8 Å². The highest BCUT2D eigenvalue weighted by Gasteiger charge is 2.38. The van der Waals surface area contributed by atoms with Gasteiger partial charge in [-0.2, -0.15) is 0 Å². The number of nitrogens with zero attached hydrogens (tertiary/aromatic N) is 6. The molecule has 6 N–H and O–H groups in total. The zero-order valence-electron chi connectivity index (χ0n) is 38.7. The number of halogens is 2. The Hall–Kier alpha value is -5.90. The summed E-state index contributed by atoms with van der Waals surface area (Å²) in [6, 6.07) is 12.1. The highest BCUT2D eigenvalue weighted by molar-refractivity contribution is 7.14. The summed E-state index contributed by atoms with van der Waals surface area (Å²) in [7, 11) is 9.78. The van der Waals surface area contributed by atoms with E-state index in [9.17, 15) is 28.8 Å². The molecule has 2 saturated heterocycles. The molecule has 4 atom stereocenters. The molecule has 4 aliphatic rings. The molecule has 4 aromatic heterocycles. The second kappa shape index (κ2) is 19.5. The third-order valence-electron chi connectivity index (χ3n) is 13.1. The summed E-state index contributed by atoms with van der Waals surface area (Å²) in [5, 5.41) is 15.6. The standard InChI is InChI=1S/C24H27ClN6O3S.C23H25ClN6O3S/c1-30-11-19(28-23(34)24-29-16-6-7-31(2,3)12-20(16)35-24)17(10-21(30)32)27-22(33)18-9-13-8-14(25)4-5-15(13)26-18;1-29-6-5-15-19(11-29)34-23(28-15)22(33)27-18-10-30(2)20(31)9-16(18)26-21(32)17-8-12-7-13(24)3-4-14(12)25-17/h4-5,8-9,17,19H,6-7,10-12H2,1-3H3,(H2-,26,27,28,33,34);3-4,7-8,16,18,25H,5-6,9-11H2,1-2H3,(H,26,32)(H,27,33)/p+1/t17-,19?;16-,18+/m11/s1. The molecule has 0 saturated carbocycles. The Morgan fingerprint density at radius 3 is 1.62 bits per heavy atom. The van der Waals surface area contributed by atoms with Gasteiger partial charge in [-0.25, -0.2) is 9.97 Å². The summed E-state index contributed by atoms with van der Waals surface area (Å²) in [5.41, 5.74) is 4.29. The van der Waals surface area contributed by atoms with Crippen LogP contribution >= 0.6 is 45.9 Å². The van der Waals surface area contributed by atoms with Gasteiger partial charge in [-0.3, -0.25) is 28.8 Å². The van der Waals surface area contributed by atoms with Crippen LogP contribution in [0.4, 0.5) is 0 Å². The maximum Gasteiger partial charge on any atom is 0.280 e. The van der Waals surface area contributed by atoms with E-state index in [1.165, 1.54) is 22.7 Å². The van der Waals surface area contributed by atoms with Crippen LogP contribution < -0.4 is 21.3 Å². The van der Waals surface area contributed by atoms with Gasteiger partial charge in [-0.15, -0.1) is 22.7 Å². The molecule has 10 rings (SSSR count). The van der Waals surface area contributed by atoms with E-state index in [1.54, 1.807) is 60.3 Å². The highest BCUT2D eigenvalue weighted by atomic mass is 35.5. The van der Waals surface area contributed by atoms with Crippen molar-refractivity contribution in [3.05, 3.63) is 101 Å². The molecule has 0 bridgehead atoms. The predicted molar refractivity (Wildman–Crippen MR) is 265 cm³/mol. The van der Waals surface area contributed by atoms with Crippen LogP contribution in [0.1, 0.15) is 74.6 Å². The Morgan fingerprint density at radius 1 is 0.652 bits per heavy atom. The second-order valence-corrected chi connectivity index (χ2v) is 22.0. The van der Waals surface area contributed by atoms with Crippen LogP contribution in [0.15, 0.2) is 48.5 Å². The van der Waals surface area contributed by atoms with Gasteiger partial charge in [-0.1, -0.05) is 23.2 Å². The molecule has 4 aliphatic heterocycles. The number of quaternary nitrogens is 1. The molecule has 2 aromatic carbocycles. The number of aromatic nitrogens is 4. The minimum Gasteiger partial charge on any atom is -0.351 e. The lowest BCUT2D eigenvalue weighted by molar-refractivity contribution is -0.905. The number of hydrogen-bond acceptors (Lipinski definition) is 11. The molecule has 1 unspecified atom stereocenters. The Bertz CT molecular complexity index is 3020. The van der Waals surface area contributed by atoms with Crippen LogP contribution in [0.2, 0.25) is 10.0 Å². The summed E-state index contributed by atoms with van der Waals surface area (Å²) >= 11 is 14.9. The number of likely N-dealkylation sites (tertiary alicyclic amines) is 2. The Balaban J connectivity index is 0.000000172. The van der Waals surface area contributed by atoms with Crippen molar-refractivity contribution in [3.63, 3.8) is 0 Å². The van der Waals surface area contributed by atoms with E-state index in [0.29, 0.717) is 44.5 Å². The normalized spacial score (nSPS) is 21.3. The van der Waals surface area contributed by atoms with Gasteiger partial charge in [0.1, 0.15) is 17.9 Å². The first-order chi connectivity index (χ1) is 32.8. The molecule has 0 spiro atoms. The van der Waals surface area contributed by atoms with Crippen molar-refractivity contribution in [2.75, 3.05) is 61.4 Å². The molecule has 0 radical (unpaired) electrons. The maximum absolute atomic E-state index is 13.1. The maximum atomic E-state index is 13.1. The molecule has 6 aromatic rings. The van der Waals surface area contributed by atoms with Crippen molar-refractivity contribution >= 4 is 103 Å². The van der Waals surface area contributed by atoms with Crippen molar-refractivity contribution in [1.29, 1.82) is 0 Å². The van der Waals surface area contributed by atoms with Crippen molar-refractivity contribution in [3.8, 4) is 0 Å². The fourth-order valence-electron chi connectivity index (χ4n) is 9.12. The lowest BCUT2D eigenvalue weighted by Gasteiger charge is -2.36. The molecule has 6 amide bonds. The number of piperidine rings is 2. The first kappa shape index (κ1) is 48.1. The van der Waals surface area contributed by atoms with Crippen LogP contribution in [0, 0.1) is 0 Å². The van der Waals surface area contributed by atoms with E-state index in [0.717, 1.165) is 86.5 Å². The van der Waals surface area contributed by atoms with Gasteiger partial charge in [0.15, 0.2) is 10.0 Å². The average Bonchev–Trinajstić information content (AvgIpc) is 4.11. The summed E-state index contributed by atoms with van der Waals surface area (Å²) in [6.45, 7) is 4.14. The molecule has 8 heterocycles. The molecule has 18 nitrogen and oxygen atoms in total. The van der Waals surface area contributed by atoms with Crippen molar-refractivity contribution in [2.24, 2.45) is 0 Å². The lowest BCUT2D eigenvalue weighted by atomic mass is 9.98. The van der Waals surface area contributed by atoms with E-state index in [2.05, 4.69) is 60.2 Å². The number of rotatable bonds is 8. The summed E-state index contributed by atoms with van der Waals surface area (Å²) in [6.07, 6.45) is 1.86. The Labute approximate surface area is 415 Å². The van der Waals surface area contributed by atoms with Crippen LogP contribution in [-0.2, 0) is 35.5 Å². The first-order valence-corrected chi connectivity index (χ1v) is 25.0. The number of amides is 6. The molecule has 22 heteroatoms. The molecule has 2 fully saturated rings. The summed E-state index contributed by atoms with van der Waals surface area (Å²) in [4.78, 5) is 99.9. The van der Waals surface area contributed by atoms with E-state index in [-0.39, 0.29) is 48.3 Å². The topological polar surface area (TPSA) is 218 Å². The number of hydrogen-bond donors (Lipinski definition) is 6. The van der Waals surface area contributed by atoms with Gasteiger partial charge >= 0.3 is 0 Å². The van der Waals surface area contributed by atoms with Gasteiger partial charge in [0, 0.05) is 103 Å². The number of nitrogens with one attached hydrogen (secondary N) is 6. The van der Waals surface area contributed by atoms with Crippen molar-refractivity contribution < 1.29 is 33.3 Å². The smallest absolute Gasteiger partial charge is 0.280 e. The zero-order chi connectivity index (χ0) is 48.9. The summed E-state index contributed by atoms with van der Waals surface area (Å²) < 4.78 is 0.875. The minimum absolute atomic E-state index is 0.0889. The first-order valence-electron chi connectivity index (χ1n) is 22.6. The van der Waals surface area contributed by atoms with E-state index in [4.69, 9.17) is 23.2 Å². The third kappa shape index (κ3) is 10.8. The highest BCUT2D eigenvalue weighted by Crippen LogP contribution is 2.29. The number of aromatic amines is 2. The quantitative estimate of drug-likeness (QED) is 0.120. The molecule has 362 valence electrons. The van der Waals surface area contributed by atoms with E-state index < -0.39 is 24.2 Å². The average molecular weight is 1020 g/mol. The predicted octanol–water partition coefficient (Wildman–Crippen LogP) is 4.19. The largest absolute Gasteiger partial charge is 0.351 e. The van der Waals surface area contributed by atoms with Gasteiger partial charge in [-0.05, 0) is 55.6 Å². The third-order valence-corrected chi connectivity index (χ3v) is 15.7. The number of H-pyrrole nitrogens is 2. The number of thiazole rings is 2. The molecular formula is C47H53Cl2N12O6S2+. The van der Waals surface area contributed by atoms with Crippen LogP contribution in [0.3, 0.4) is 0 Å². The fourth-order valence-corrected chi connectivity index (χ4v) is 11.8. The molecule has 69 heavy (non-hydrogen) atoms. The van der Waals surface area contributed by atoms with E-state index >= 15 is 0 Å². The minimum atomic E-state index is -0.546. The Morgan fingerprint density at radius 2 is 1.12 bits per heavy atom. The lowest BCUT2D eigenvalue weighted by Crippen LogP contribution is -2.61. The number of likely N-dealkylation sites (N-methyl/N-ethyl adjacent to an activating group) is 4. The number of carbonyl (C=O) groups is 6. The Kier molecular flexibility index (Phi) is 13.6. The summed E-state index contributed by atoms with van der Waals surface area (Å²) in [5.74, 6) is -1.43. The molecular weight excluding hydrogens is 964 g/mol. The van der Waals surface area contributed by atoms with Gasteiger partial charge in [0.05, 0.1) is 61.1 Å². The second-order valence-electron chi connectivity index (χ2n) is 18.9.